The van der Waals surface area contributed by atoms with Crippen molar-refractivity contribution >= 4 is 39.7 Å². The number of aryl methyl sites for hydroxylation is 1. The summed E-state index contributed by atoms with van der Waals surface area (Å²) in [5.74, 6) is 0.467. The number of ether oxygens (including phenoxy) is 1. The van der Waals surface area contributed by atoms with Gasteiger partial charge < -0.3 is 4.74 Å². The first-order valence-corrected chi connectivity index (χ1v) is 12.3. The Hall–Kier alpha value is -3.55. The number of hydrogen-bond acceptors (Lipinski definition) is 5. The zero-order chi connectivity index (χ0) is 24.9. The molecule has 0 aliphatic heterocycles. The maximum absolute atomic E-state index is 13.9. The van der Waals surface area contributed by atoms with Gasteiger partial charge in [0.1, 0.15) is 6.54 Å². The summed E-state index contributed by atoms with van der Waals surface area (Å²) >= 11 is 7.51. The number of allylic oxidation sites excluding steroid dienone is 6. The lowest BCUT2D eigenvalue weighted by atomic mass is 10.0. The standard InChI is InChI=1S/C27H26ClN4O2S/c1-5-10-20(15-19(6-2)22-12-7-8-13-29-22)23-25(33)31-14-9-11-18(3)24(31)32(26(23)34-4)17-21-16-30-27(28)35-21/h5-16H,17H2,1-4H3/q+1/b10-5-,19-6+,20-15+. The summed E-state index contributed by atoms with van der Waals surface area (Å²) in [6.45, 7) is 6.31. The van der Waals surface area contributed by atoms with E-state index in [1.54, 1.807) is 30.1 Å². The molecule has 8 heteroatoms. The van der Waals surface area contributed by atoms with E-state index in [0.29, 0.717) is 22.5 Å². The van der Waals surface area contributed by atoms with Crippen molar-refractivity contribution in [2.45, 2.75) is 27.3 Å². The van der Waals surface area contributed by atoms with E-state index in [-0.39, 0.29) is 5.56 Å². The fraction of sp³-hybridized carbons (Fsp3) is 0.185. The van der Waals surface area contributed by atoms with Crippen LogP contribution in [-0.2, 0) is 6.54 Å². The maximum atomic E-state index is 13.9. The van der Waals surface area contributed by atoms with Gasteiger partial charge in [-0.2, -0.15) is 8.97 Å². The highest BCUT2D eigenvalue weighted by Crippen LogP contribution is 2.27. The molecular formula is C27H26ClN4O2S+. The van der Waals surface area contributed by atoms with Crippen LogP contribution in [-0.4, -0.2) is 21.5 Å². The molecule has 0 spiro atoms. The van der Waals surface area contributed by atoms with Crippen LogP contribution in [0.5, 0.6) is 5.88 Å². The minimum Gasteiger partial charge on any atom is -0.465 e. The van der Waals surface area contributed by atoms with E-state index in [1.165, 1.54) is 11.3 Å². The molecule has 0 amide bonds. The predicted molar refractivity (Wildman–Crippen MR) is 142 cm³/mol. The molecule has 0 saturated carbocycles. The molecule has 0 bridgehead atoms. The van der Waals surface area contributed by atoms with Crippen LogP contribution >= 0.6 is 22.9 Å². The highest BCUT2D eigenvalue weighted by Gasteiger charge is 2.28. The number of rotatable bonds is 7. The van der Waals surface area contributed by atoms with Crippen molar-refractivity contribution in [2.24, 2.45) is 0 Å². The minimum absolute atomic E-state index is 0.167. The van der Waals surface area contributed by atoms with Crippen molar-refractivity contribution in [1.29, 1.82) is 0 Å². The van der Waals surface area contributed by atoms with Crippen molar-refractivity contribution in [3.8, 4) is 5.88 Å². The van der Waals surface area contributed by atoms with Crippen LogP contribution in [0.3, 0.4) is 0 Å². The molecule has 35 heavy (non-hydrogen) atoms. The first-order chi connectivity index (χ1) is 17.0. The van der Waals surface area contributed by atoms with E-state index in [9.17, 15) is 4.79 Å². The molecule has 0 atom stereocenters. The Balaban J connectivity index is 2.05. The van der Waals surface area contributed by atoms with Gasteiger partial charge in [0.05, 0.1) is 23.9 Å². The van der Waals surface area contributed by atoms with Gasteiger partial charge in [-0.25, -0.2) is 9.78 Å². The highest BCUT2D eigenvalue weighted by molar-refractivity contribution is 7.15. The quantitative estimate of drug-likeness (QED) is 0.245. The van der Waals surface area contributed by atoms with Crippen molar-refractivity contribution in [3.63, 3.8) is 0 Å². The first-order valence-electron chi connectivity index (χ1n) is 11.1. The summed E-state index contributed by atoms with van der Waals surface area (Å²) in [5, 5.41) is 0. The largest absolute Gasteiger partial charge is 0.465 e. The molecule has 0 N–H and O–H groups in total. The van der Waals surface area contributed by atoms with Crippen LogP contribution in [0.25, 0.3) is 16.8 Å². The maximum Gasteiger partial charge on any atom is 0.354 e. The van der Waals surface area contributed by atoms with Gasteiger partial charge in [0.25, 0.3) is 5.65 Å². The van der Waals surface area contributed by atoms with E-state index in [4.69, 9.17) is 16.3 Å². The third-order valence-electron chi connectivity index (χ3n) is 5.56. The van der Waals surface area contributed by atoms with E-state index in [0.717, 1.165) is 32.9 Å². The SMILES string of the molecule is C\C=C/C(=C\C(=C/C)c1ccccn1)c1c(OC)[n+](Cc2cnc(Cl)s2)c2c(C)cccn2c1=O. The fourth-order valence-corrected chi connectivity index (χ4v) is 5.03. The van der Waals surface area contributed by atoms with Crippen LogP contribution in [0.4, 0.5) is 0 Å². The van der Waals surface area contributed by atoms with E-state index < -0.39 is 0 Å². The molecule has 0 aliphatic carbocycles. The minimum atomic E-state index is -0.167. The van der Waals surface area contributed by atoms with Gasteiger partial charge in [-0.3, -0.25) is 4.98 Å². The van der Waals surface area contributed by atoms with Crippen LogP contribution < -0.4 is 14.9 Å². The van der Waals surface area contributed by atoms with E-state index in [2.05, 4.69) is 9.97 Å². The van der Waals surface area contributed by atoms with Gasteiger partial charge in [-0.1, -0.05) is 35.9 Å². The number of hydrogen-bond donors (Lipinski definition) is 0. The summed E-state index contributed by atoms with van der Waals surface area (Å²) < 4.78 is 10.1. The molecule has 0 aliphatic rings. The van der Waals surface area contributed by atoms with Gasteiger partial charge in [0, 0.05) is 18.0 Å². The van der Waals surface area contributed by atoms with Gasteiger partial charge in [0.2, 0.25) is 0 Å². The third-order valence-corrected chi connectivity index (χ3v) is 6.66. The number of thiazole rings is 1. The molecule has 0 aromatic carbocycles. The van der Waals surface area contributed by atoms with Gasteiger partial charge in [-0.05, 0) is 62.3 Å². The highest BCUT2D eigenvalue weighted by atomic mass is 35.5. The fourth-order valence-electron chi connectivity index (χ4n) is 4.07. The molecule has 6 nitrogen and oxygen atoms in total. The van der Waals surface area contributed by atoms with Gasteiger partial charge in [0.15, 0.2) is 10.0 Å². The van der Waals surface area contributed by atoms with Crippen molar-refractivity contribution in [1.82, 2.24) is 14.4 Å². The number of fused-ring (bicyclic) bond motifs is 1. The Bertz CT molecular complexity index is 1520. The number of pyridine rings is 2. The molecule has 178 valence electrons. The lowest BCUT2D eigenvalue weighted by molar-refractivity contribution is -0.671. The summed E-state index contributed by atoms with van der Waals surface area (Å²) in [4.78, 5) is 23.5. The van der Waals surface area contributed by atoms with Crippen molar-refractivity contribution in [3.05, 3.63) is 110 Å². The summed E-state index contributed by atoms with van der Waals surface area (Å²) in [5.41, 5.74) is 4.43. The number of methoxy groups -OCH3 is 1. The number of halogens is 1. The number of aromatic nitrogens is 4. The smallest absolute Gasteiger partial charge is 0.354 e. The Kier molecular flexibility index (Phi) is 7.58. The van der Waals surface area contributed by atoms with E-state index in [1.807, 2.05) is 80.0 Å². The monoisotopic (exact) mass is 505 g/mol. The summed E-state index contributed by atoms with van der Waals surface area (Å²) in [7, 11) is 1.59. The van der Waals surface area contributed by atoms with Crippen LogP contribution in [0, 0.1) is 6.92 Å². The molecule has 4 aromatic heterocycles. The molecule has 0 fully saturated rings. The molecule has 0 unspecified atom stereocenters. The Morgan fingerprint density at radius 3 is 2.66 bits per heavy atom. The van der Waals surface area contributed by atoms with Gasteiger partial charge >= 0.3 is 11.4 Å². The molecule has 4 heterocycles. The molecule has 4 rings (SSSR count). The molecule has 0 radical (unpaired) electrons. The summed E-state index contributed by atoms with van der Waals surface area (Å²) in [6.07, 6.45) is 13.1. The normalized spacial score (nSPS) is 12.6. The second-order valence-corrected chi connectivity index (χ2v) is 9.50. The second-order valence-electron chi connectivity index (χ2n) is 7.80. The Morgan fingerprint density at radius 2 is 2.03 bits per heavy atom. The lowest BCUT2D eigenvalue weighted by Crippen LogP contribution is -2.43. The van der Waals surface area contributed by atoms with Crippen molar-refractivity contribution < 1.29 is 9.30 Å². The summed E-state index contributed by atoms with van der Waals surface area (Å²) in [6, 6.07) is 9.62. The van der Waals surface area contributed by atoms with E-state index >= 15 is 0 Å². The lowest BCUT2D eigenvalue weighted by Gasteiger charge is -2.14. The average molecular weight is 506 g/mol. The average Bonchev–Trinajstić information content (AvgIpc) is 3.28. The molecular weight excluding hydrogens is 480 g/mol. The topological polar surface area (TPSA) is 60.4 Å². The zero-order valence-corrected chi connectivity index (χ0v) is 21.6. The van der Waals surface area contributed by atoms with Crippen LogP contribution in [0.15, 0.2) is 78.0 Å². The molecule has 0 saturated heterocycles. The van der Waals surface area contributed by atoms with Crippen LogP contribution in [0.1, 0.15) is 35.5 Å². The van der Waals surface area contributed by atoms with Gasteiger partial charge in [-0.15, -0.1) is 11.3 Å². The third kappa shape index (κ3) is 4.97. The van der Waals surface area contributed by atoms with Crippen LogP contribution in [0.2, 0.25) is 4.47 Å². The number of nitrogens with zero attached hydrogens (tertiary/aromatic N) is 4. The molecule has 4 aromatic rings. The second kappa shape index (κ2) is 10.8. The predicted octanol–water partition coefficient (Wildman–Crippen LogP) is 5.52. The Morgan fingerprint density at radius 1 is 1.20 bits per heavy atom. The Labute approximate surface area is 213 Å². The van der Waals surface area contributed by atoms with Crippen molar-refractivity contribution in [2.75, 3.05) is 7.11 Å². The zero-order valence-electron chi connectivity index (χ0n) is 20.0. The first kappa shape index (κ1) is 24.6.